The number of ether oxygens (including phenoxy) is 1. The molecule has 0 bridgehead atoms. The zero-order chi connectivity index (χ0) is 19.4. The van der Waals surface area contributed by atoms with Gasteiger partial charge in [0.25, 0.3) is 0 Å². The third kappa shape index (κ3) is 4.76. The van der Waals surface area contributed by atoms with Crippen LogP contribution in [-0.4, -0.2) is 27.2 Å². The molecule has 0 aliphatic rings. The van der Waals surface area contributed by atoms with E-state index in [0.29, 0.717) is 28.4 Å². The van der Waals surface area contributed by atoms with Gasteiger partial charge in [0.05, 0.1) is 11.6 Å². The van der Waals surface area contributed by atoms with Gasteiger partial charge in [-0.1, -0.05) is 68.4 Å². The van der Waals surface area contributed by atoms with E-state index in [1.165, 1.54) is 22.0 Å². The van der Waals surface area contributed by atoms with Gasteiger partial charge >= 0.3 is 0 Å². The van der Waals surface area contributed by atoms with Crippen molar-refractivity contribution in [1.82, 2.24) is 14.9 Å². The molecule has 5 nitrogen and oxygen atoms in total. The fraction of sp³-hybridized carbons (Fsp3) is 0.300. The Labute approximate surface area is 168 Å². The Balaban J connectivity index is 1.55. The van der Waals surface area contributed by atoms with Crippen LogP contribution < -0.4 is 10.6 Å². The number of nitrogens with two attached hydrogens (primary N) is 1. The van der Waals surface area contributed by atoms with Gasteiger partial charge < -0.3 is 10.6 Å². The molecule has 0 aliphatic heterocycles. The van der Waals surface area contributed by atoms with Crippen molar-refractivity contribution < 1.29 is 4.74 Å². The highest BCUT2D eigenvalue weighted by atomic mass is 35.5. The summed E-state index contributed by atoms with van der Waals surface area (Å²) < 4.78 is 7.27. The lowest BCUT2D eigenvalue weighted by molar-refractivity contribution is 0.343. The van der Waals surface area contributed by atoms with Crippen molar-refractivity contribution in [3.63, 3.8) is 0 Å². The maximum atomic E-state index is 6.21. The van der Waals surface area contributed by atoms with Crippen LogP contribution in [0.5, 0.6) is 5.75 Å². The fourth-order valence-electron chi connectivity index (χ4n) is 2.55. The normalized spacial score (nSPS) is 11.6. The van der Waals surface area contributed by atoms with Crippen molar-refractivity contribution in [2.75, 3.05) is 18.2 Å². The minimum atomic E-state index is 0.138. The highest BCUT2D eigenvalue weighted by Gasteiger charge is 2.15. The van der Waals surface area contributed by atoms with Gasteiger partial charge in [0.2, 0.25) is 5.16 Å². The maximum Gasteiger partial charge on any atom is 0.210 e. The quantitative estimate of drug-likeness (QED) is 0.365. The van der Waals surface area contributed by atoms with E-state index in [-0.39, 0.29) is 5.41 Å². The molecule has 0 amide bonds. The summed E-state index contributed by atoms with van der Waals surface area (Å²) in [7, 11) is 0. The van der Waals surface area contributed by atoms with Gasteiger partial charge in [0, 0.05) is 11.3 Å². The number of hydrogen-bond acceptors (Lipinski definition) is 5. The molecule has 3 aromatic rings. The Kier molecular flexibility index (Phi) is 5.97. The first kappa shape index (κ1) is 19.6. The van der Waals surface area contributed by atoms with E-state index in [1.54, 1.807) is 6.07 Å². The number of halogens is 1. The van der Waals surface area contributed by atoms with Crippen LogP contribution in [0.3, 0.4) is 0 Å². The minimum Gasteiger partial charge on any atom is -0.493 e. The zero-order valence-corrected chi connectivity index (χ0v) is 17.2. The lowest BCUT2D eigenvalue weighted by Gasteiger charge is -2.19. The van der Waals surface area contributed by atoms with Crippen LogP contribution >= 0.6 is 23.4 Å². The molecule has 27 heavy (non-hydrogen) atoms. The molecule has 0 saturated carbocycles. The predicted octanol–water partition coefficient (Wildman–Crippen LogP) is 4.78. The number of nitrogen functional groups attached to an aromatic ring is 1. The first-order chi connectivity index (χ1) is 12.9. The Bertz CT molecular complexity index is 903. The van der Waals surface area contributed by atoms with Gasteiger partial charge in [-0.2, -0.15) is 0 Å². The first-order valence-corrected chi connectivity index (χ1v) is 10.0. The van der Waals surface area contributed by atoms with Gasteiger partial charge in [-0.15, -0.1) is 10.2 Å². The number of hydrogen-bond donors (Lipinski definition) is 1. The van der Waals surface area contributed by atoms with Crippen molar-refractivity contribution >= 4 is 23.4 Å². The van der Waals surface area contributed by atoms with Crippen LogP contribution in [0.2, 0.25) is 5.02 Å². The van der Waals surface area contributed by atoms with Crippen molar-refractivity contribution in [3.8, 4) is 17.1 Å². The summed E-state index contributed by atoms with van der Waals surface area (Å²) in [5, 5.41) is 9.53. The zero-order valence-electron chi connectivity index (χ0n) is 15.6. The number of nitrogens with zero attached hydrogens (tertiary/aromatic N) is 3. The summed E-state index contributed by atoms with van der Waals surface area (Å²) in [6, 6.07) is 15.7. The highest BCUT2D eigenvalue weighted by molar-refractivity contribution is 7.99. The van der Waals surface area contributed by atoms with E-state index in [1.807, 2.05) is 30.3 Å². The average Bonchev–Trinajstić information content (AvgIpc) is 2.99. The van der Waals surface area contributed by atoms with E-state index in [4.69, 9.17) is 22.2 Å². The van der Waals surface area contributed by atoms with Crippen LogP contribution in [-0.2, 0) is 5.41 Å². The molecule has 0 fully saturated rings. The van der Waals surface area contributed by atoms with E-state index in [2.05, 4.69) is 43.1 Å². The predicted molar refractivity (Wildman–Crippen MR) is 112 cm³/mol. The van der Waals surface area contributed by atoms with E-state index >= 15 is 0 Å². The smallest absolute Gasteiger partial charge is 0.210 e. The van der Waals surface area contributed by atoms with Gasteiger partial charge in [-0.05, 0) is 35.2 Å². The molecular weight excluding hydrogens is 380 g/mol. The topological polar surface area (TPSA) is 66.0 Å². The van der Waals surface area contributed by atoms with Gasteiger partial charge in [-0.3, -0.25) is 0 Å². The molecule has 0 atom stereocenters. The summed E-state index contributed by atoms with van der Waals surface area (Å²) in [6.45, 7) is 7.13. The number of thioether (sulfide) groups is 1. The van der Waals surface area contributed by atoms with Crippen molar-refractivity contribution in [3.05, 3.63) is 59.1 Å². The van der Waals surface area contributed by atoms with Crippen molar-refractivity contribution in [1.29, 1.82) is 0 Å². The second kappa shape index (κ2) is 8.23. The molecule has 0 radical (unpaired) electrons. The number of aromatic nitrogens is 3. The standard InChI is InChI=1S/C20H23ClN4OS/c1-20(2,3)14-8-10-15(11-9-14)26-12-13-27-19-24-23-18(25(19)22)16-6-4-5-7-17(16)21/h4-11H,12-13,22H2,1-3H3. The molecule has 3 rings (SSSR count). The van der Waals surface area contributed by atoms with Crippen LogP contribution in [0, 0.1) is 0 Å². The molecule has 1 aromatic heterocycles. The first-order valence-electron chi connectivity index (χ1n) is 8.68. The maximum absolute atomic E-state index is 6.21. The largest absolute Gasteiger partial charge is 0.493 e. The van der Waals surface area contributed by atoms with Crippen LogP contribution in [0.15, 0.2) is 53.7 Å². The molecule has 142 valence electrons. The van der Waals surface area contributed by atoms with E-state index < -0.39 is 0 Å². The monoisotopic (exact) mass is 402 g/mol. The second-order valence-electron chi connectivity index (χ2n) is 7.13. The number of benzene rings is 2. The minimum absolute atomic E-state index is 0.138. The number of rotatable bonds is 6. The fourth-order valence-corrected chi connectivity index (χ4v) is 3.44. The molecular formula is C20H23ClN4OS. The Morgan fingerprint density at radius 3 is 2.44 bits per heavy atom. The van der Waals surface area contributed by atoms with Crippen molar-refractivity contribution in [2.24, 2.45) is 0 Å². The highest BCUT2D eigenvalue weighted by Crippen LogP contribution is 2.28. The SMILES string of the molecule is CC(C)(C)c1ccc(OCCSc2nnc(-c3ccccc3Cl)n2N)cc1. The van der Waals surface area contributed by atoms with Gasteiger partial charge in [0.1, 0.15) is 5.75 Å². The molecule has 7 heteroatoms. The van der Waals surface area contributed by atoms with Crippen LogP contribution in [0.1, 0.15) is 26.3 Å². The summed E-state index contributed by atoms with van der Waals surface area (Å²) in [6.07, 6.45) is 0. The van der Waals surface area contributed by atoms with Crippen molar-refractivity contribution in [2.45, 2.75) is 31.3 Å². The molecule has 2 aromatic carbocycles. The van der Waals surface area contributed by atoms with Crippen LogP contribution in [0.25, 0.3) is 11.4 Å². The molecule has 0 unspecified atom stereocenters. The lowest BCUT2D eigenvalue weighted by Crippen LogP contribution is -2.12. The van der Waals surface area contributed by atoms with Gasteiger partial charge in [0.15, 0.2) is 5.82 Å². The third-order valence-corrected chi connectivity index (χ3v) is 5.32. The Morgan fingerprint density at radius 1 is 1.07 bits per heavy atom. The molecule has 0 aliphatic carbocycles. The molecule has 2 N–H and O–H groups in total. The molecule has 1 heterocycles. The lowest BCUT2D eigenvalue weighted by atomic mass is 9.87. The van der Waals surface area contributed by atoms with E-state index in [9.17, 15) is 0 Å². The van der Waals surface area contributed by atoms with Gasteiger partial charge in [-0.25, -0.2) is 4.68 Å². The summed E-state index contributed by atoms with van der Waals surface area (Å²) in [5.74, 6) is 8.23. The average molecular weight is 403 g/mol. The summed E-state index contributed by atoms with van der Waals surface area (Å²) >= 11 is 7.70. The van der Waals surface area contributed by atoms with E-state index in [0.717, 1.165) is 11.3 Å². The Hall–Kier alpha value is -2.18. The second-order valence-corrected chi connectivity index (χ2v) is 8.60. The molecule has 0 saturated heterocycles. The summed E-state index contributed by atoms with van der Waals surface area (Å²) in [4.78, 5) is 0. The third-order valence-electron chi connectivity index (χ3n) is 4.08. The Morgan fingerprint density at radius 2 is 1.78 bits per heavy atom. The van der Waals surface area contributed by atoms with Crippen LogP contribution in [0.4, 0.5) is 0 Å². The molecule has 0 spiro atoms. The summed E-state index contributed by atoms with van der Waals surface area (Å²) in [5.41, 5.74) is 2.18.